The smallest absolute Gasteiger partial charge is 0.191 e. The predicted octanol–water partition coefficient (Wildman–Crippen LogP) is 1.94. The minimum absolute atomic E-state index is 0.0953. The lowest BCUT2D eigenvalue weighted by molar-refractivity contribution is 0.267. The summed E-state index contributed by atoms with van der Waals surface area (Å²) < 4.78 is 12.8. The Morgan fingerprint density at radius 1 is 1.32 bits per heavy atom. The van der Waals surface area contributed by atoms with E-state index in [1.165, 1.54) is 17.7 Å². The molecular weight excluding hydrogens is 245 g/mol. The fourth-order valence-electron chi connectivity index (χ4n) is 2.54. The van der Waals surface area contributed by atoms with Gasteiger partial charge in [0.25, 0.3) is 0 Å². The number of nitrogens with one attached hydrogen (secondary N) is 2. The predicted molar refractivity (Wildman–Crippen MR) is 67.9 cm³/mol. The zero-order valence-electron chi connectivity index (χ0n) is 10.7. The van der Waals surface area contributed by atoms with Crippen LogP contribution in [0.1, 0.15) is 43.1 Å². The van der Waals surface area contributed by atoms with Crippen molar-refractivity contribution in [2.75, 3.05) is 0 Å². The average molecular weight is 261 g/mol. The van der Waals surface area contributed by atoms with E-state index in [2.05, 4.69) is 25.9 Å². The summed E-state index contributed by atoms with van der Waals surface area (Å²) in [5.74, 6) is 1.03. The van der Waals surface area contributed by atoms with Crippen molar-refractivity contribution in [3.8, 4) is 0 Å². The molecule has 5 nitrogen and oxygen atoms in total. The lowest BCUT2D eigenvalue weighted by Crippen LogP contribution is -2.41. The summed E-state index contributed by atoms with van der Waals surface area (Å²) >= 11 is 0. The molecule has 6 heteroatoms. The van der Waals surface area contributed by atoms with Gasteiger partial charge in [0.15, 0.2) is 5.82 Å². The van der Waals surface area contributed by atoms with Crippen LogP contribution in [0.3, 0.4) is 0 Å². The Morgan fingerprint density at radius 3 is 2.68 bits per heavy atom. The Labute approximate surface area is 110 Å². The first-order valence-corrected chi connectivity index (χ1v) is 6.47. The summed E-state index contributed by atoms with van der Waals surface area (Å²) in [5, 5.41) is 17.4. The molecule has 1 fully saturated rings. The van der Waals surface area contributed by atoms with Gasteiger partial charge in [0.05, 0.1) is 6.04 Å². The maximum Gasteiger partial charge on any atom is 0.191 e. The van der Waals surface area contributed by atoms with Crippen molar-refractivity contribution in [3.63, 3.8) is 0 Å². The highest BCUT2D eigenvalue weighted by Gasteiger charge is 2.31. The van der Waals surface area contributed by atoms with Gasteiger partial charge in [-0.1, -0.05) is 17.3 Å². The Morgan fingerprint density at radius 2 is 2.05 bits per heavy atom. The van der Waals surface area contributed by atoms with Gasteiger partial charge in [-0.3, -0.25) is 0 Å². The third-order valence-electron chi connectivity index (χ3n) is 3.71. The SMILES string of the molecule is CC(NC1CC(c2ccc(F)cc2)C1)c1nn[nH]n1. The Balaban J connectivity index is 1.51. The number of H-pyrrole nitrogens is 1. The molecule has 1 saturated carbocycles. The van der Waals surface area contributed by atoms with Crippen molar-refractivity contribution in [2.45, 2.75) is 37.8 Å². The van der Waals surface area contributed by atoms with Crippen LogP contribution in [-0.2, 0) is 0 Å². The van der Waals surface area contributed by atoms with Crippen LogP contribution in [-0.4, -0.2) is 26.7 Å². The van der Waals surface area contributed by atoms with Gasteiger partial charge in [-0.2, -0.15) is 5.21 Å². The van der Waals surface area contributed by atoms with Gasteiger partial charge < -0.3 is 5.32 Å². The van der Waals surface area contributed by atoms with Gasteiger partial charge in [0.2, 0.25) is 0 Å². The van der Waals surface area contributed by atoms with E-state index in [0.29, 0.717) is 17.8 Å². The molecule has 100 valence electrons. The summed E-state index contributed by atoms with van der Waals surface area (Å²) in [6, 6.07) is 7.36. The van der Waals surface area contributed by atoms with E-state index in [4.69, 9.17) is 0 Å². The van der Waals surface area contributed by atoms with Crippen molar-refractivity contribution in [1.82, 2.24) is 25.9 Å². The summed E-state index contributed by atoms with van der Waals surface area (Å²) in [6.07, 6.45) is 2.13. The molecule has 0 radical (unpaired) electrons. The van der Waals surface area contributed by atoms with E-state index in [0.717, 1.165) is 12.8 Å². The fourth-order valence-corrected chi connectivity index (χ4v) is 2.54. The Kier molecular flexibility index (Phi) is 3.25. The molecule has 1 atom stereocenters. The van der Waals surface area contributed by atoms with Crippen LogP contribution in [0, 0.1) is 5.82 Å². The van der Waals surface area contributed by atoms with Gasteiger partial charge in [-0.15, -0.1) is 10.2 Å². The van der Waals surface area contributed by atoms with Gasteiger partial charge in [0, 0.05) is 6.04 Å². The molecule has 3 rings (SSSR count). The number of aromatic amines is 1. The van der Waals surface area contributed by atoms with Crippen LogP contribution < -0.4 is 5.32 Å². The maximum atomic E-state index is 12.8. The number of rotatable bonds is 4. The minimum atomic E-state index is -0.177. The number of benzene rings is 1. The molecular formula is C13H16FN5. The molecule has 1 heterocycles. The Bertz CT molecular complexity index is 518. The molecule has 1 aromatic heterocycles. The summed E-state index contributed by atoms with van der Waals surface area (Å²) in [6.45, 7) is 2.02. The molecule has 1 aromatic carbocycles. The normalized spacial score (nSPS) is 23.9. The first kappa shape index (κ1) is 12.2. The fraction of sp³-hybridized carbons (Fsp3) is 0.462. The number of nitrogens with zero attached hydrogens (tertiary/aromatic N) is 3. The number of hydrogen-bond donors (Lipinski definition) is 2. The highest BCUT2D eigenvalue weighted by Crippen LogP contribution is 2.37. The number of hydrogen-bond acceptors (Lipinski definition) is 4. The van der Waals surface area contributed by atoms with Crippen molar-refractivity contribution < 1.29 is 4.39 Å². The average Bonchev–Trinajstić information content (AvgIpc) is 2.88. The second-order valence-corrected chi connectivity index (χ2v) is 5.08. The quantitative estimate of drug-likeness (QED) is 0.882. The van der Waals surface area contributed by atoms with Gasteiger partial charge in [-0.05, 0) is 43.4 Å². The molecule has 2 aromatic rings. The molecule has 0 spiro atoms. The monoisotopic (exact) mass is 261 g/mol. The highest BCUT2D eigenvalue weighted by molar-refractivity contribution is 5.23. The van der Waals surface area contributed by atoms with E-state index < -0.39 is 0 Å². The number of halogens is 1. The van der Waals surface area contributed by atoms with Gasteiger partial charge >= 0.3 is 0 Å². The zero-order valence-corrected chi connectivity index (χ0v) is 10.7. The largest absolute Gasteiger partial charge is 0.305 e. The van der Waals surface area contributed by atoms with Crippen LogP contribution in [0.2, 0.25) is 0 Å². The molecule has 1 unspecified atom stereocenters. The van der Waals surface area contributed by atoms with E-state index >= 15 is 0 Å². The van der Waals surface area contributed by atoms with Gasteiger partial charge in [-0.25, -0.2) is 4.39 Å². The summed E-state index contributed by atoms with van der Waals surface area (Å²) in [7, 11) is 0. The van der Waals surface area contributed by atoms with E-state index in [-0.39, 0.29) is 11.9 Å². The van der Waals surface area contributed by atoms with Crippen LogP contribution in [0.15, 0.2) is 24.3 Å². The standard InChI is InChI=1S/C13H16FN5/c1-8(13-16-18-19-17-13)15-12-6-10(7-12)9-2-4-11(14)5-3-9/h2-5,8,10,12,15H,6-7H2,1H3,(H,16,17,18,19). The Hall–Kier alpha value is -1.82. The molecule has 1 aliphatic rings. The number of aromatic nitrogens is 4. The van der Waals surface area contributed by atoms with Crippen molar-refractivity contribution in [3.05, 3.63) is 41.5 Å². The van der Waals surface area contributed by atoms with Crippen LogP contribution in [0.4, 0.5) is 4.39 Å². The zero-order chi connectivity index (χ0) is 13.2. The van der Waals surface area contributed by atoms with E-state index in [1.807, 2.05) is 19.1 Å². The minimum Gasteiger partial charge on any atom is -0.305 e. The van der Waals surface area contributed by atoms with E-state index in [1.54, 1.807) is 0 Å². The van der Waals surface area contributed by atoms with Crippen LogP contribution in [0.25, 0.3) is 0 Å². The molecule has 0 amide bonds. The molecule has 0 saturated heterocycles. The lowest BCUT2D eigenvalue weighted by Gasteiger charge is -2.37. The van der Waals surface area contributed by atoms with Crippen molar-refractivity contribution in [2.24, 2.45) is 0 Å². The summed E-state index contributed by atoms with van der Waals surface area (Å²) in [5.41, 5.74) is 1.21. The molecule has 0 aliphatic heterocycles. The molecule has 1 aliphatic carbocycles. The maximum absolute atomic E-state index is 12.8. The third-order valence-corrected chi connectivity index (χ3v) is 3.71. The summed E-state index contributed by atoms with van der Waals surface area (Å²) in [4.78, 5) is 0. The number of tetrazole rings is 1. The topological polar surface area (TPSA) is 66.5 Å². The van der Waals surface area contributed by atoms with E-state index in [9.17, 15) is 4.39 Å². The first-order chi connectivity index (χ1) is 9.22. The van der Waals surface area contributed by atoms with Crippen LogP contribution in [0.5, 0.6) is 0 Å². The second kappa shape index (κ2) is 5.05. The third kappa shape index (κ3) is 2.63. The first-order valence-electron chi connectivity index (χ1n) is 6.47. The van der Waals surface area contributed by atoms with Crippen molar-refractivity contribution in [1.29, 1.82) is 0 Å². The molecule has 0 bridgehead atoms. The second-order valence-electron chi connectivity index (χ2n) is 5.08. The highest BCUT2D eigenvalue weighted by atomic mass is 19.1. The lowest BCUT2D eigenvalue weighted by atomic mass is 9.75. The molecule has 19 heavy (non-hydrogen) atoms. The van der Waals surface area contributed by atoms with Gasteiger partial charge in [0.1, 0.15) is 5.82 Å². The van der Waals surface area contributed by atoms with Crippen molar-refractivity contribution >= 4 is 0 Å². The molecule has 2 N–H and O–H groups in total. The van der Waals surface area contributed by atoms with Crippen LogP contribution >= 0.6 is 0 Å².